The van der Waals surface area contributed by atoms with Gasteiger partial charge in [0.1, 0.15) is 0 Å². The Morgan fingerprint density at radius 2 is 1.78 bits per heavy atom. The molecule has 0 spiro atoms. The van der Waals surface area contributed by atoms with Gasteiger partial charge in [-0.3, -0.25) is 4.79 Å². The molecule has 5 heteroatoms. The van der Waals surface area contributed by atoms with Crippen LogP contribution in [0.2, 0.25) is 0 Å². The van der Waals surface area contributed by atoms with Gasteiger partial charge in [0.2, 0.25) is 5.90 Å². The molecule has 2 aliphatic carbocycles. The Morgan fingerprint density at radius 1 is 1.07 bits per heavy atom. The van der Waals surface area contributed by atoms with Crippen LogP contribution in [0.5, 0.6) is 0 Å². The van der Waals surface area contributed by atoms with Crippen molar-refractivity contribution in [1.82, 2.24) is 0 Å². The molecular formula is C22H33NO4. The van der Waals surface area contributed by atoms with Crippen molar-refractivity contribution in [3.8, 4) is 0 Å². The molecule has 0 unspecified atom stereocenters. The van der Waals surface area contributed by atoms with Gasteiger partial charge in [-0.2, -0.15) is 0 Å². The van der Waals surface area contributed by atoms with Crippen LogP contribution >= 0.6 is 0 Å². The van der Waals surface area contributed by atoms with Crippen molar-refractivity contribution in [2.24, 2.45) is 16.8 Å². The monoisotopic (exact) mass is 375 g/mol. The first-order valence-corrected chi connectivity index (χ1v) is 10.7. The van der Waals surface area contributed by atoms with Gasteiger partial charge in [-0.25, -0.2) is 9.79 Å². The fourth-order valence-electron chi connectivity index (χ4n) is 4.53. The molecule has 0 bridgehead atoms. The zero-order chi connectivity index (χ0) is 19.2. The fraction of sp³-hybridized carbons (Fsp3) is 0.773. The first kappa shape index (κ1) is 20.1. The number of carbonyl (C=O) groups is 2. The van der Waals surface area contributed by atoms with Crippen molar-refractivity contribution in [2.75, 3.05) is 6.61 Å². The Kier molecular flexibility index (Phi) is 7.08. The van der Waals surface area contributed by atoms with E-state index in [1.807, 2.05) is 0 Å². The summed E-state index contributed by atoms with van der Waals surface area (Å²) in [6.07, 6.45) is 11.2. The Bertz CT molecular complexity index is 608. The molecule has 0 aromatic heterocycles. The minimum absolute atomic E-state index is 0.0869. The topological polar surface area (TPSA) is 65.0 Å². The molecule has 0 atom stereocenters. The third-order valence-electron chi connectivity index (χ3n) is 6.19. The van der Waals surface area contributed by atoms with E-state index in [1.54, 1.807) is 6.92 Å². The molecule has 27 heavy (non-hydrogen) atoms. The van der Waals surface area contributed by atoms with Gasteiger partial charge < -0.3 is 9.47 Å². The van der Waals surface area contributed by atoms with Crippen LogP contribution < -0.4 is 0 Å². The molecule has 3 rings (SSSR count). The fourth-order valence-corrected chi connectivity index (χ4v) is 4.53. The van der Waals surface area contributed by atoms with Gasteiger partial charge >= 0.3 is 11.9 Å². The Balaban J connectivity index is 1.80. The maximum atomic E-state index is 12.6. The second-order valence-electron chi connectivity index (χ2n) is 8.38. The lowest BCUT2D eigenvalue weighted by atomic mass is 9.83. The Morgan fingerprint density at radius 3 is 2.44 bits per heavy atom. The first-order chi connectivity index (χ1) is 13.1. The zero-order valence-corrected chi connectivity index (χ0v) is 16.8. The van der Waals surface area contributed by atoms with E-state index in [9.17, 15) is 9.59 Å². The van der Waals surface area contributed by atoms with Gasteiger partial charge in [-0.1, -0.05) is 39.0 Å². The van der Waals surface area contributed by atoms with Gasteiger partial charge in [0, 0.05) is 11.1 Å². The molecule has 150 valence electrons. The summed E-state index contributed by atoms with van der Waals surface area (Å²) in [6, 6.07) is 0.190. The van der Waals surface area contributed by atoms with Crippen molar-refractivity contribution >= 4 is 17.8 Å². The quantitative estimate of drug-likeness (QED) is 0.629. The third-order valence-corrected chi connectivity index (χ3v) is 6.19. The summed E-state index contributed by atoms with van der Waals surface area (Å²) in [4.78, 5) is 29.5. The second kappa shape index (κ2) is 9.52. The maximum absolute atomic E-state index is 12.6. The van der Waals surface area contributed by atoms with Crippen molar-refractivity contribution in [3.63, 3.8) is 0 Å². The lowest BCUT2D eigenvalue weighted by molar-refractivity contribution is -0.142. The van der Waals surface area contributed by atoms with E-state index in [0.29, 0.717) is 36.0 Å². The molecule has 0 N–H and O–H groups in total. The van der Waals surface area contributed by atoms with Crippen molar-refractivity contribution in [3.05, 3.63) is 11.1 Å². The van der Waals surface area contributed by atoms with Crippen LogP contribution in [-0.4, -0.2) is 30.5 Å². The third kappa shape index (κ3) is 5.43. The van der Waals surface area contributed by atoms with E-state index >= 15 is 0 Å². The summed E-state index contributed by atoms with van der Waals surface area (Å²) in [5, 5.41) is 0. The highest BCUT2D eigenvalue weighted by molar-refractivity contribution is 6.16. The first-order valence-electron chi connectivity index (χ1n) is 10.7. The van der Waals surface area contributed by atoms with Crippen molar-refractivity contribution < 1.29 is 19.1 Å². The summed E-state index contributed by atoms with van der Waals surface area (Å²) < 4.78 is 10.7. The number of nitrogens with zero attached hydrogens (tertiary/aromatic N) is 1. The number of hydrogen-bond donors (Lipinski definition) is 0. The molecule has 0 radical (unpaired) electrons. The van der Waals surface area contributed by atoms with Crippen LogP contribution in [0.4, 0.5) is 0 Å². The lowest BCUT2D eigenvalue weighted by Gasteiger charge is -2.23. The number of cyclic esters (lactones) is 1. The number of carbonyl (C=O) groups excluding carboxylic acids is 2. The molecule has 1 heterocycles. The van der Waals surface area contributed by atoms with Gasteiger partial charge in [-0.05, 0) is 50.9 Å². The number of esters is 2. The van der Waals surface area contributed by atoms with Crippen molar-refractivity contribution in [1.29, 1.82) is 0 Å². The minimum atomic E-state index is -0.308. The Hall–Kier alpha value is -1.65. The van der Waals surface area contributed by atoms with E-state index in [-0.39, 0.29) is 24.4 Å². The normalized spacial score (nSPS) is 28.5. The van der Waals surface area contributed by atoms with Gasteiger partial charge in [-0.15, -0.1) is 0 Å². The molecule has 1 aliphatic heterocycles. The van der Waals surface area contributed by atoms with Crippen LogP contribution in [0.15, 0.2) is 16.1 Å². The standard InChI is InChI=1S/C22H33NO4/c1-3-26-20(24)14-18-19(13-16-7-5-4-6-8-16)22(25)27-21(18)23-17-11-9-15(2)10-12-17/h15-17H,3-14H2,1-2H3/b23-21-. The van der Waals surface area contributed by atoms with Crippen molar-refractivity contribution in [2.45, 2.75) is 90.5 Å². The van der Waals surface area contributed by atoms with Crippen LogP contribution in [0.3, 0.4) is 0 Å². The van der Waals surface area contributed by atoms with Crippen LogP contribution in [0, 0.1) is 11.8 Å². The highest BCUT2D eigenvalue weighted by Gasteiger charge is 2.35. The number of ether oxygens (including phenoxy) is 2. The highest BCUT2D eigenvalue weighted by atomic mass is 16.6. The summed E-state index contributed by atoms with van der Waals surface area (Å²) in [5.41, 5.74) is 1.35. The van der Waals surface area contributed by atoms with E-state index in [4.69, 9.17) is 14.5 Å². The largest absolute Gasteiger partial charge is 0.466 e. The minimum Gasteiger partial charge on any atom is -0.466 e. The smallest absolute Gasteiger partial charge is 0.341 e. The van der Waals surface area contributed by atoms with Crippen LogP contribution in [0.1, 0.15) is 84.5 Å². The number of aliphatic imine (C=N–C) groups is 1. The zero-order valence-electron chi connectivity index (χ0n) is 16.8. The van der Waals surface area contributed by atoms with Crippen LogP contribution in [-0.2, 0) is 19.1 Å². The number of rotatable bonds is 6. The second-order valence-corrected chi connectivity index (χ2v) is 8.38. The van der Waals surface area contributed by atoms with Gasteiger partial charge in [0.15, 0.2) is 0 Å². The molecule has 2 saturated carbocycles. The molecule has 3 aliphatic rings. The predicted octanol–water partition coefficient (Wildman–Crippen LogP) is 4.74. The molecular weight excluding hydrogens is 342 g/mol. The predicted molar refractivity (Wildman–Crippen MR) is 104 cm³/mol. The summed E-state index contributed by atoms with van der Waals surface area (Å²) >= 11 is 0. The average molecular weight is 376 g/mol. The summed E-state index contributed by atoms with van der Waals surface area (Å²) in [5.74, 6) is 1.02. The van der Waals surface area contributed by atoms with E-state index < -0.39 is 0 Å². The molecule has 0 aromatic carbocycles. The molecule has 5 nitrogen and oxygen atoms in total. The molecule has 0 aromatic rings. The van der Waals surface area contributed by atoms with E-state index in [1.165, 1.54) is 19.3 Å². The van der Waals surface area contributed by atoms with Gasteiger partial charge in [0.05, 0.1) is 19.1 Å². The summed E-state index contributed by atoms with van der Waals surface area (Å²) in [7, 11) is 0. The SMILES string of the molecule is CCOC(=O)CC1=C(CC2CCCCC2)C(=O)O/C1=N\C1CCC(C)CC1. The molecule has 0 saturated heterocycles. The van der Waals surface area contributed by atoms with E-state index in [0.717, 1.165) is 44.4 Å². The molecule has 2 fully saturated rings. The lowest BCUT2D eigenvalue weighted by Crippen LogP contribution is -2.19. The van der Waals surface area contributed by atoms with Gasteiger partial charge in [0.25, 0.3) is 0 Å². The van der Waals surface area contributed by atoms with E-state index in [2.05, 4.69) is 6.92 Å². The maximum Gasteiger partial charge on any atom is 0.341 e. The summed E-state index contributed by atoms with van der Waals surface area (Å²) in [6.45, 7) is 4.41. The van der Waals surface area contributed by atoms with Crippen LogP contribution in [0.25, 0.3) is 0 Å². The average Bonchev–Trinajstić information content (AvgIpc) is 2.93. The highest BCUT2D eigenvalue weighted by Crippen LogP contribution is 2.35. The number of hydrogen-bond acceptors (Lipinski definition) is 5. The molecule has 0 amide bonds. The Labute approximate surface area is 162 Å².